The van der Waals surface area contributed by atoms with E-state index in [1.807, 2.05) is 51.1 Å². The molecular weight excluding hydrogens is 422 g/mol. The first kappa shape index (κ1) is 23.6. The van der Waals surface area contributed by atoms with Crippen molar-refractivity contribution in [3.05, 3.63) is 35.9 Å². The van der Waals surface area contributed by atoms with Gasteiger partial charge in [-0.15, -0.1) is 5.06 Å². The van der Waals surface area contributed by atoms with Gasteiger partial charge in [0.05, 0.1) is 30.9 Å². The number of carbonyl (C=O) groups is 2. The van der Waals surface area contributed by atoms with Crippen LogP contribution in [-0.4, -0.2) is 60.6 Å². The van der Waals surface area contributed by atoms with Crippen molar-refractivity contribution in [2.24, 2.45) is 11.8 Å². The van der Waals surface area contributed by atoms with Crippen LogP contribution in [0.3, 0.4) is 0 Å². The van der Waals surface area contributed by atoms with Gasteiger partial charge in [-0.25, -0.2) is 17.5 Å². The van der Waals surface area contributed by atoms with E-state index in [0.29, 0.717) is 26.0 Å². The van der Waals surface area contributed by atoms with Crippen molar-refractivity contribution in [2.75, 3.05) is 12.8 Å². The second-order valence-corrected chi connectivity index (χ2v) is 10.3. The fourth-order valence-electron chi connectivity index (χ4n) is 4.32. The first-order valence-corrected chi connectivity index (χ1v) is 12.4. The number of sulfonamides is 1. The van der Waals surface area contributed by atoms with E-state index in [2.05, 4.69) is 5.48 Å². The van der Waals surface area contributed by atoms with Gasteiger partial charge in [0, 0.05) is 6.54 Å². The van der Waals surface area contributed by atoms with Crippen LogP contribution in [0.1, 0.15) is 39.2 Å². The molecule has 0 radical (unpaired) electrons. The minimum atomic E-state index is -3.68. The van der Waals surface area contributed by atoms with Gasteiger partial charge < -0.3 is 4.84 Å². The zero-order valence-electron chi connectivity index (χ0n) is 18.4. The maximum atomic E-state index is 12.9. The van der Waals surface area contributed by atoms with Crippen molar-refractivity contribution in [3.63, 3.8) is 0 Å². The van der Waals surface area contributed by atoms with Crippen LogP contribution in [0, 0.1) is 11.8 Å². The zero-order valence-corrected chi connectivity index (χ0v) is 19.2. The van der Waals surface area contributed by atoms with Gasteiger partial charge in [0.2, 0.25) is 15.9 Å². The number of hydrogen-bond acceptors (Lipinski definition) is 8. The average Bonchev–Trinajstić information content (AvgIpc) is 3.21. The summed E-state index contributed by atoms with van der Waals surface area (Å²) in [6, 6.07) is 7.86. The second kappa shape index (κ2) is 9.64. The lowest BCUT2D eigenvalue weighted by atomic mass is 9.97. The first-order chi connectivity index (χ1) is 14.6. The van der Waals surface area contributed by atoms with Crippen molar-refractivity contribution in [1.82, 2.24) is 14.8 Å². The standard InChI is InChI=1S/C21H31N3O6S/c1-5-16-19-17(24(20(16)25)31(4,27)28)11-12-23(19)30-21(26)18(14(2)3)22-29-13-15-9-7-6-8-10-15/h6-10,14,16-19,22H,5,11-13H2,1-4H3/t16-,17-,18-,19+/m0/s1. The van der Waals surface area contributed by atoms with Gasteiger partial charge in [0.1, 0.15) is 6.04 Å². The Balaban J connectivity index is 1.66. The number of nitrogens with zero attached hydrogens (tertiary/aromatic N) is 2. The minimum absolute atomic E-state index is 0.110. The Hall–Kier alpha value is -2.01. The summed E-state index contributed by atoms with van der Waals surface area (Å²) < 4.78 is 25.3. The van der Waals surface area contributed by atoms with E-state index >= 15 is 0 Å². The molecule has 0 spiro atoms. The molecule has 172 valence electrons. The van der Waals surface area contributed by atoms with Gasteiger partial charge in [-0.1, -0.05) is 51.1 Å². The van der Waals surface area contributed by atoms with Crippen LogP contribution in [0.5, 0.6) is 0 Å². The maximum absolute atomic E-state index is 12.9. The number of carbonyl (C=O) groups excluding carboxylic acids is 2. The Morgan fingerprint density at radius 2 is 1.94 bits per heavy atom. The predicted molar refractivity (Wildman–Crippen MR) is 113 cm³/mol. The third kappa shape index (κ3) is 5.08. The molecule has 4 atom stereocenters. The molecule has 0 aliphatic carbocycles. The van der Waals surface area contributed by atoms with Gasteiger partial charge in [0.15, 0.2) is 0 Å². The summed E-state index contributed by atoms with van der Waals surface area (Å²) in [4.78, 5) is 36.8. The average molecular weight is 454 g/mol. The predicted octanol–water partition coefficient (Wildman–Crippen LogP) is 1.46. The topological polar surface area (TPSA) is 105 Å². The number of amides is 1. The molecule has 2 aliphatic rings. The number of fused-ring (bicyclic) bond motifs is 1. The van der Waals surface area contributed by atoms with Gasteiger partial charge in [-0.2, -0.15) is 5.48 Å². The molecule has 0 bridgehead atoms. The van der Waals surface area contributed by atoms with E-state index in [-0.39, 0.29) is 5.92 Å². The smallest absolute Gasteiger partial charge is 0.344 e. The molecule has 1 aromatic rings. The zero-order chi connectivity index (χ0) is 22.8. The van der Waals surface area contributed by atoms with Crippen LogP contribution >= 0.6 is 0 Å². The van der Waals surface area contributed by atoms with Gasteiger partial charge in [0.25, 0.3) is 0 Å². The molecule has 0 aromatic heterocycles. The summed E-state index contributed by atoms with van der Waals surface area (Å²) in [7, 11) is -3.68. The number of nitrogens with one attached hydrogen (secondary N) is 1. The highest BCUT2D eigenvalue weighted by atomic mass is 32.2. The fraction of sp³-hybridized carbons (Fsp3) is 0.619. The Labute approximate surface area is 183 Å². The van der Waals surface area contributed by atoms with Crippen LogP contribution in [0.4, 0.5) is 0 Å². The van der Waals surface area contributed by atoms with E-state index in [0.717, 1.165) is 16.1 Å². The first-order valence-electron chi connectivity index (χ1n) is 10.6. The van der Waals surface area contributed by atoms with Crippen molar-refractivity contribution >= 4 is 21.9 Å². The molecule has 2 fully saturated rings. The molecule has 0 saturated carbocycles. The lowest BCUT2D eigenvalue weighted by Crippen LogP contribution is -2.47. The summed E-state index contributed by atoms with van der Waals surface area (Å²) in [5.74, 6) is -1.59. The van der Waals surface area contributed by atoms with Gasteiger partial charge in [-0.05, 0) is 24.3 Å². The number of benzene rings is 1. The minimum Gasteiger partial charge on any atom is -0.366 e. The van der Waals surface area contributed by atoms with Crippen LogP contribution in [0.2, 0.25) is 0 Å². The highest BCUT2D eigenvalue weighted by Gasteiger charge is 2.57. The summed E-state index contributed by atoms with van der Waals surface area (Å²) in [5.41, 5.74) is 3.76. The monoisotopic (exact) mass is 453 g/mol. The molecule has 2 saturated heterocycles. The van der Waals surface area contributed by atoms with Crippen molar-refractivity contribution < 1.29 is 27.7 Å². The van der Waals surface area contributed by atoms with Crippen LogP contribution in [0.25, 0.3) is 0 Å². The molecular formula is C21H31N3O6S. The lowest BCUT2D eigenvalue weighted by molar-refractivity contribution is -0.206. The third-order valence-corrected chi connectivity index (χ3v) is 7.00. The number of rotatable bonds is 9. The van der Waals surface area contributed by atoms with Crippen molar-refractivity contribution in [2.45, 2.75) is 58.3 Å². The second-order valence-electron chi connectivity index (χ2n) is 8.42. The molecule has 0 unspecified atom stereocenters. The quantitative estimate of drug-likeness (QED) is 0.561. The molecule has 1 aromatic carbocycles. The Morgan fingerprint density at radius 1 is 1.26 bits per heavy atom. The summed E-state index contributed by atoms with van der Waals surface area (Å²) in [6.45, 7) is 6.24. The van der Waals surface area contributed by atoms with Gasteiger partial charge >= 0.3 is 5.97 Å². The van der Waals surface area contributed by atoms with Crippen molar-refractivity contribution in [3.8, 4) is 0 Å². The summed E-state index contributed by atoms with van der Waals surface area (Å²) >= 11 is 0. The van der Waals surface area contributed by atoms with Crippen LogP contribution in [-0.2, 0) is 35.9 Å². The Bertz CT molecular complexity index is 892. The molecule has 2 heterocycles. The highest BCUT2D eigenvalue weighted by molar-refractivity contribution is 7.88. The van der Waals surface area contributed by atoms with E-state index in [4.69, 9.17) is 9.68 Å². The molecule has 2 aliphatic heterocycles. The molecule has 9 nitrogen and oxygen atoms in total. The molecule has 31 heavy (non-hydrogen) atoms. The molecule has 10 heteroatoms. The Morgan fingerprint density at radius 3 is 2.52 bits per heavy atom. The lowest BCUT2D eigenvalue weighted by Gasteiger charge is -2.28. The highest BCUT2D eigenvalue weighted by Crippen LogP contribution is 2.39. The third-order valence-electron chi connectivity index (χ3n) is 5.84. The summed E-state index contributed by atoms with van der Waals surface area (Å²) in [5, 5.41) is 1.48. The van der Waals surface area contributed by atoms with E-state index in [9.17, 15) is 18.0 Å². The van der Waals surface area contributed by atoms with E-state index in [1.54, 1.807) is 0 Å². The van der Waals surface area contributed by atoms with E-state index < -0.39 is 45.9 Å². The molecule has 3 rings (SSSR count). The number of hydrogen-bond donors (Lipinski definition) is 1. The molecule has 1 amide bonds. The largest absolute Gasteiger partial charge is 0.366 e. The maximum Gasteiger partial charge on any atom is 0.344 e. The number of hydroxylamine groups is 3. The summed E-state index contributed by atoms with van der Waals surface area (Å²) in [6.07, 6.45) is 1.93. The Kier molecular flexibility index (Phi) is 7.35. The SMILES string of the molecule is CC[C@@H]1C(=O)N(S(C)(=O)=O)[C@H]2CCN(OC(=O)[C@@H](NOCc3ccccc3)C(C)C)[C@H]12. The van der Waals surface area contributed by atoms with Crippen LogP contribution < -0.4 is 5.48 Å². The van der Waals surface area contributed by atoms with E-state index in [1.165, 1.54) is 5.06 Å². The fourth-order valence-corrected chi connectivity index (χ4v) is 5.50. The van der Waals surface area contributed by atoms with Gasteiger partial charge in [-0.3, -0.25) is 9.63 Å². The molecule has 1 N–H and O–H groups in total. The van der Waals surface area contributed by atoms with Crippen LogP contribution in [0.15, 0.2) is 30.3 Å². The van der Waals surface area contributed by atoms with Crippen molar-refractivity contribution in [1.29, 1.82) is 0 Å². The normalized spacial score (nSPS) is 25.1.